The average molecular weight is 502 g/mol. The van der Waals surface area contributed by atoms with E-state index in [9.17, 15) is 19.2 Å². The molecular weight excluding hydrogens is 474 g/mol. The lowest BCUT2D eigenvalue weighted by Crippen LogP contribution is -2.27. The first kappa shape index (κ1) is 25.7. The fraction of sp³-hybridized carbons (Fsp3) is 0.348. The summed E-state index contributed by atoms with van der Waals surface area (Å²) in [6, 6.07) is 6.98. The van der Waals surface area contributed by atoms with Gasteiger partial charge < -0.3 is 24.7 Å². The van der Waals surface area contributed by atoms with Crippen LogP contribution in [-0.4, -0.2) is 52.7 Å². The molecule has 2 heterocycles. The van der Waals surface area contributed by atoms with E-state index in [-0.39, 0.29) is 30.5 Å². The Morgan fingerprint density at radius 3 is 2.51 bits per heavy atom. The van der Waals surface area contributed by atoms with E-state index in [1.54, 1.807) is 52.1 Å². The predicted molar refractivity (Wildman–Crippen MR) is 132 cm³/mol. The highest BCUT2D eigenvalue weighted by molar-refractivity contribution is 7.20. The smallest absolute Gasteiger partial charge is 0.413 e. The first-order valence-corrected chi connectivity index (χ1v) is 11.5. The van der Waals surface area contributed by atoms with Crippen molar-refractivity contribution < 1.29 is 28.7 Å². The first-order chi connectivity index (χ1) is 16.4. The molecule has 0 aliphatic heterocycles. The third kappa shape index (κ3) is 7.03. The molecule has 0 radical (unpaired) electrons. The average Bonchev–Trinajstić information content (AvgIpc) is 3.34. The number of amides is 3. The lowest BCUT2D eigenvalue weighted by molar-refractivity contribution is -0.140. The summed E-state index contributed by atoms with van der Waals surface area (Å²) in [5, 5.41) is 8.73. The zero-order chi connectivity index (χ0) is 25.8. The summed E-state index contributed by atoms with van der Waals surface area (Å²) in [5.74, 6) is -0.892. The van der Waals surface area contributed by atoms with E-state index in [4.69, 9.17) is 4.74 Å². The Kier molecular flexibility index (Phi) is 7.75. The topological polar surface area (TPSA) is 141 Å². The summed E-state index contributed by atoms with van der Waals surface area (Å²) in [7, 11) is 2.93. The van der Waals surface area contributed by atoms with Crippen molar-refractivity contribution in [3.8, 4) is 0 Å². The minimum absolute atomic E-state index is 0.0888. The number of carbonyl (C=O) groups excluding carboxylic acids is 4. The maximum Gasteiger partial charge on any atom is 0.413 e. The molecule has 3 rings (SSSR count). The number of hydrogen-bond donors (Lipinski definition) is 3. The van der Waals surface area contributed by atoms with Crippen molar-refractivity contribution >= 4 is 56.8 Å². The molecule has 0 atom stereocenters. The highest BCUT2D eigenvalue weighted by Gasteiger charge is 2.20. The Morgan fingerprint density at radius 1 is 1.09 bits per heavy atom. The van der Waals surface area contributed by atoms with E-state index in [0.29, 0.717) is 10.6 Å². The van der Waals surface area contributed by atoms with Gasteiger partial charge in [-0.2, -0.15) is 0 Å². The van der Waals surface area contributed by atoms with E-state index in [0.717, 1.165) is 10.1 Å². The van der Waals surface area contributed by atoms with Gasteiger partial charge in [0, 0.05) is 30.2 Å². The van der Waals surface area contributed by atoms with Gasteiger partial charge in [-0.05, 0) is 50.4 Å². The standard InChI is InChI=1S/C23H27N5O6S/c1-23(2,3)34-22(32)27-17-12-28(4)19(26-17)21(31)25-14-6-7-15-13(10-14)11-16(35-15)20(30)24-9-8-18(29)33-5/h6-7,10-12H,8-9H2,1-5H3,(H,24,30)(H,25,31)(H,27,32). The number of ether oxygens (including phenoxy) is 2. The molecule has 0 aliphatic rings. The van der Waals surface area contributed by atoms with Gasteiger partial charge in [0.15, 0.2) is 5.82 Å². The van der Waals surface area contributed by atoms with Gasteiger partial charge in [0.1, 0.15) is 5.60 Å². The molecule has 3 N–H and O–H groups in total. The molecule has 0 bridgehead atoms. The van der Waals surface area contributed by atoms with Crippen LogP contribution in [0.3, 0.4) is 0 Å². The number of methoxy groups -OCH3 is 1. The van der Waals surface area contributed by atoms with Crippen LogP contribution in [0.4, 0.5) is 16.3 Å². The van der Waals surface area contributed by atoms with Crippen LogP contribution in [0.1, 0.15) is 47.5 Å². The quantitative estimate of drug-likeness (QED) is 0.421. The Morgan fingerprint density at radius 2 is 1.83 bits per heavy atom. The molecule has 0 saturated heterocycles. The van der Waals surface area contributed by atoms with Crippen LogP contribution < -0.4 is 16.0 Å². The third-order valence-corrected chi connectivity index (χ3v) is 5.66. The van der Waals surface area contributed by atoms with Gasteiger partial charge in [-0.15, -0.1) is 11.3 Å². The van der Waals surface area contributed by atoms with E-state index in [1.807, 2.05) is 0 Å². The maximum atomic E-state index is 12.8. The van der Waals surface area contributed by atoms with Gasteiger partial charge in [-0.3, -0.25) is 19.7 Å². The van der Waals surface area contributed by atoms with Crippen LogP contribution in [-0.2, 0) is 21.3 Å². The number of imidazole rings is 1. The molecule has 0 spiro atoms. The van der Waals surface area contributed by atoms with Crippen molar-refractivity contribution in [2.75, 3.05) is 24.3 Å². The minimum atomic E-state index is -0.671. The summed E-state index contributed by atoms with van der Waals surface area (Å²) in [6.07, 6.45) is 0.924. The second kappa shape index (κ2) is 10.6. The van der Waals surface area contributed by atoms with Gasteiger partial charge in [0.05, 0.1) is 18.4 Å². The number of fused-ring (bicyclic) bond motifs is 1. The minimum Gasteiger partial charge on any atom is -0.469 e. The first-order valence-electron chi connectivity index (χ1n) is 10.7. The lowest BCUT2D eigenvalue weighted by atomic mass is 10.2. The van der Waals surface area contributed by atoms with Crippen LogP contribution in [0.25, 0.3) is 10.1 Å². The summed E-state index contributed by atoms with van der Waals surface area (Å²) in [6.45, 7) is 5.41. The molecule has 3 aromatic rings. The monoisotopic (exact) mass is 501 g/mol. The Balaban J connectivity index is 1.66. The van der Waals surface area contributed by atoms with Crippen LogP contribution >= 0.6 is 11.3 Å². The summed E-state index contributed by atoms with van der Waals surface area (Å²) in [5.41, 5.74) is -0.147. The van der Waals surface area contributed by atoms with Crippen molar-refractivity contribution in [2.24, 2.45) is 7.05 Å². The molecule has 1 aromatic carbocycles. The van der Waals surface area contributed by atoms with Crippen molar-refractivity contribution in [3.05, 3.63) is 41.2 Å². The summed E-state index contributed by atoms with van der Waals surface area (Å²) >= 11 is 1.30. The second-order valence-electron chi connectivity index (χ2n) is 8.59. The van der Waals surface area contributed by atoms with Gasteiger partial charge >= 0.3 is 12.1 Å². The van der Waals surface area contributed by atoms with Gasteiger partial charge in [0.2, 0.25) is 5.82 Å². The predicted octanol–water partition coefficient (Wildman–Crippen LogP) is 3.53. The number of carbonyl (C=O) groups is 4. The molecular formula is C23H27N5O6S. The molecule has 0 saturated carbocycles. The SMILES string of the molecule is COC(=O)CCNC(=O)c1cc2cc(NC(=O)c3nc(NC(=O)OC(C)(C)C)cn3C)ccc2s1. The molecule has 2 aromatic heterocycles. The van der Waals surface area contributed by atoms with Crippen LogP contribution in [0, 0.1) is 0 Å². The number of thiophene rings is 1. The molecule has 12 heteroatoms. The lowest BCUT2D eigenvalue weighted by Gasteiger charge is -2.18. The van der Waals surface area contributed by atoms with Crippen molar-refractivity contribution in [3.63, 3.8) is 0 Å². The number of nitrogens with one attached hydrogen (secondary N) is 3. The molecule has 0 aliphatic carbocycles. The Labute approximate surface area is 205 Å². The molecule has 0 fully saturated rings. The van der Waals surface area contributed by atoms with Crippen molar-refractivity contribution in [2.45, 2.75) is 32.8 Å². The van der Waals surface area contributed by atoms with Crippen LogP contribution in [0.2, 0.25) is 0 Å². The van der Waals surface area contributed by atoms with E-state index in [2.05, 4.69) is 25.7 Å². The van der Waals surface area contributed by atoms with Gasteiger partial charge in [-0.1, -0.05) is 0 Å². The number of aromatic nitrogens is 2. The number of rotatable bonds is 7. The number of esters is 1. The van der Waals surface area contributed by atoms with Crippen LogP contribution in [0.15, 0.2) is 30.5 Å². The van der Waals surface area contributed by atoms with Crippen LogP contribution in [0.5, 0.6) is 0 Å². The number of anilines is 2. The molecule has 35 heavy (non-hydrogen) atoms. The summed E-state index contributed by atoms with van der Waals surface area (Å²) < 4.78 is 12.1. The Hall–Kier alpha value is -3.93. The molecule has 186 valence electrons. The van der Waals surface area contributed by atoms with E-state index < -0.39 is 23.6 Å². The highest BCUT2D eigenvalue weighted by atomic mass is 32.1. The van der Waals surface area contributed by atoms with E-state index in [1.165, 1.54) is 29.2 Å². The highest BCUT2D eigenvalue weighted by Crippen LogP contribution is 2.28. The second-order valence-corrected chi connectivity index (χ2v) is 9.67. The Bertz CT molecular complexity index is 1270. The normalized spacial score (nSPS) is 11.1. The van der Waals surface area contributed by atoms with E-state index >= 15 is 0 Å². The largest absolute Gasteiger partial charge is 0.469 e. The number of hydrogen-bond acceptors (Lipinski definition) is 8. The fourth-order valence-corrected chi connectivity index (χ4v) is 3.99. The van der Waals surface area contributed by atoms with Gasteiger partial charge in [-0.25, -0.2) is 9.78 Å². The summed E-state index contributed by atoms with van der Waals surface area (Å²) in [4.78, 5) is 52.9. The zero-order valence-electron chi connectivity index (χ0n) is 20.1. The third-order valence-electron chi connectivity index (χ3n) is 4.55. The number of benzene rings is 1. The maximum absolute atomic E-state index is 12.8. The molecule has 0 unspecified atom stereocenters. The van der Waals surface area contributed by atoms with Gasteiger partial charge in [0.25, 0.3) is 11.8 Å². The molecule has 3 amide bonds. The zero-order valence-corrected chi connectivity index (χ0v) is 20.9. The number of aryl methyl sites for hydroxylation is 1. The van der Waals surface area contributed by atoms with Crippen molar-refractivity contribution in [1.82, 2.24) is 14.9 Å². The molecule has 11 nitrogen and oxygen atoms in total. The number of nitrogens with zero attached hydrogens (tertiary/aromatic N) is 2. The van der Waals surface area contributed by atoms with Crippen molar-refractivity contribution in [1.29, 1.82) is 0 Å². The fourth-order valence-electron chi connectivity index (χ4n) is 3.03.